The van der Waals surface area contributed by atoms with E-state index in [2.05, 4.69) is 39.5 Å². The number of aromatic amines is 1. The molecule has 0 radical (unpaired) electrons. The quantitative estimate of drug-likeness (QED) is 0.570. The summed E-state index contributed by atoms with van der Waals surface area (Å²) in [4.78, 5) is 7.07. The van der Waals surface area contributed by atoms with Crippen molar-refractivity contribution >= 4 is 22.6 Å². The molecule has 1 rings (SSSR count). The van der Waals surface area contributed by atoms with Gasteiger partial charge in [-0.1, -0.05) is 22.6 Å². The van der Waals surface area contributed by atoms with Crippen LogP contribution in [0.15, 0.2) is 12.4 Å². The molecule has 0 aliphatic rings. The van der Waals surface area contributed by atoms with Gasteiger partial charge in [0.05, 0.1) is 3.92 Å². The van der Waals surface area contributed by atoms with Crippen LogP contribution in [0, 0.1) is 0 Å². The van der Waals surface area contributed by atoms with Crippen molar-refractivity contribution in [1.29, 1.82) is 0 Å². The predicted molar refractivity (Wildman–Crippen MR) is 41.0 cm³/mol. The summed E-state index contributed by atoms with van der Waals surface area (Å²) in [6.07, 6.45) is 3.61. The molecule has 1 heterocycles. The van der Waals surface area contributed by atoms with Crippen LogP contribution in [-0.2, 0) is 0 Å². The third kappa shape index (κ3) is 1.21. The third-order valence-electron chi connectivity index (χ3n) is 0.896. The van der Waals surface area contributed by atoms with Crippen molar-refractivity contribution in [2.75, 3.05) is 0 Å². The van der Waals surface area contributed by atoms with E-state index >= 15 is 0 Å². The number of hydrogen-bond acceptors (Lipinski definition) is 1. The molecule has 1 aromatic rings. The van der Waals surface area contributed by atoms with Crippen LogP contribution in [0.3, 0.4) is 0 Å². The van der Waals surface area contributed by atoms with E-state index in [1.807, 2.05) is 6.20 Å². The van der Waals surface area contributed by atoms with Crippen molar-refractivity contribution in [3.8, 4) is 0 Å². The lowest BCUT2D eigenvalue weighted by atomic mass is 10.5. The molecule has 2 nitrogen and oxygen atoms in total. The van der Waals surface area contributed by atoms with Crippen LogP contribution in [-0.4, -0.2) is 9.97 Å². The monoisotopic (exact) mass is 222 g/mol. The lowest BCUT2D eigenvalue weighted by Crippen LogP contribution is -1.83. The Morgan fingerprint density at radius 1 is 1.88 bits per heavy atom. The number of alkyl halides is 1. The number of aromatic nitrogens is 2. The molecule has 0 fully saturated rings. The first-order valence-electron chi connectivity index (χ1n) is 2.44. The Kier molecular flexibility index (Phi) is 1.88. The van der Waals surface area contributed by atoms with E-state index in [0.717, 1.165) is 5.82 Å². The molecule has 0 bridgehead atoms. The zero-order chi connectivity index (χ0) is 5.98. The van der Waals surface area contributed by atoms with Gasteiger partial charge in [0, 0.05) is 12.4 Å². The van der Waals surface area contributed by atoms with Crippen LogP contribution in [0.4, 0.5) is 0 Å². The summed E-state index contributed by atoms with van der Waals surface area (Å²) in [6.45, 7) is 2.10. The SMILES string of the molecule is C[C@@H](I)c1ncc[nH]1. The lowest BCUT2D eigenvalue weighted by Gasteiger charge is -1.93. The highest BCUT2D eigenvalue weighted by atomic mass is 127. The minimum Gasteiger partial charge on any atom is -0.348 e. The van der Waals surface area contributed by atoms with E-state index < -0.39 is 0 Å². The molecule has 1 aromatic heterocycles. The maximum Gasteiger partial charge on any atom is 0.118 e. The van der Waals surface area contributed by atoms with E-state index in [0.29, 0.717) is 3.92 Å². The maximum absolute atomic E-state index is 4.05. The summed E-state index contributed by atoms with van der Waals surface area (Å²) in [7, 11) is 0. The van der Waals surface area contributed by atoms with Crippen molar-refractivity contribution in [3.05, 3.63) is 18.2 Å². The number of H-pyrrole nitrogens is 1. The molecule has 0 aromatic carbocycles. The molecule has 0 saturated heterocycles. The Bertz CT molecular complexity index is 145. The second-order valence-corrected chi connectivity index (χ2v) is 3.46. The van der Waals surface area contributed by atoms with E-state index in [1.165, 1.54) is 0 Å². The van der Waals surface area contributed by atoms with Crippen LogP contribution in [0.5, 0.6) is 0 Å². The Morgan fingerprint density at radius 3 is 2.88 bits per heavy atom. The van der Waals surface area contributed by atoms with E-state index in [4.69, 9.17) is 0 Å². The summed E-state index contributed by atoms with van der Waals surface area (Å²) >= 11 is 2.31. The van der Waals surface area contributed by atoms with Crippen LogP contribution < -0.4 is 0 Å². The van der Waals surface area contributed by atoms with Crippen molar-refractivity contribution in [3.63, 3.8) is 0 Å². The van der Waals surface area contributed by atoms with Crippen molar-refractivity contribution in [2.24, 2.45) is 0 Å². The lowest BCUT2D eigenvalue weighted by molar-refractivity contribution is 0.995. The van der Waals surface area contributed by atoms with Gasteiger partial charge in [-0.05, 0) is 6.92 Å². The fourth-order valence-corrected chi connectivity index (χ4v) is 0.836. The Labute approximate surface area is 61.9 Å². The highest BCUT2D eigenvalue weighted by molar-refractivity contribution is 14.1. The average molecular weight is 222 g/mol. The van der Waals surface area contributed by atoms with E-state index in [9.17, 15) is 0 Å². The summed E-state index contributed by atoms with van der Waals surface area (Å²) < 4.78 is 0.489. The molecule has 0 amide bonds. The summed E-state index contributed by atoms with van der Waals surface area (Å²) in [5.41, 5.74) is 0. The van der Waals surface area contributed by atoms with Gasteiger partial charge < -0.3 is 4.98 Å². The molecule has 1 atom stereocenters. The van der Waals surface area contributed by atoms with Crippen molar-refractivity contribution in [1.82, 2.24) is 9.97 Å². The van der Waals surface area contributed by atoms with Crippen molar-refractivity contribution in [2.45, 2.75) is 10.8 Å². The van der Waals surface area contributed by atoms with Crippen LogP contribution in [0.25, 0.3) is 0 Å². The Morgan fingerprint density at radius 2 is 2.62 bits per heavy atom. The van der Waals surface area contributed by atoms with E-state index in [-0.39, 0.29) is 0 Å². The van der Waals surface area contributed by atoms with Gasteiger partial charge in [0.2, 0.25) is 0 Å². The molecule has 1 N–H and O–H groups in total. The fourth-order valence-electron chi connectivity index (χ4n) is 0.495. The Hall–Kier alpha value is -0.0600. The number of nitrogens with zero attached hydrogens (tertiary/aromatic N) is 1. The van der Waals surface area contributed by atoms with Gasteiger partial charge in [-0.25, -0.2) is 4.98 Å². The number of nitrogens with one attached hydrogen (secondary N) is 1. The molecule has 0 unspecified atom stereocenters. The van der Waals surface area contributed by atoms with Gasteiger partial charge in [-0.3, -0.25) is 0 Å². The zero-order valence-electron chi connectivity index (χ0n) is 4.56. The Balaban J connectivity index is 2.77. The highest BCUT2D eigenvalue weighted by Gasteiger charge is 1.98. The van der Waals surface area contributed by atoms with Crippen molar-refractivity contribution < 1.29 is 0 Å². The largest absolute Gasteiger partial charge is 0.348 e. The molecule has 0 saturated carbocycles. The number of hydrogen-bond donors (Lipinski definition) is 1. The van der Waals surface area contributed by atoms with Crippen LogP contribution in [0.2, 0.25) is 0 Å². The van der Waals surface area contributed by atoms with Gasteiger partial charge in [-0.15, -0.1) is 0 Å². The number of halogens is 1. The minimum absolute atomic E-state index is 0.489. The average Bonchev–Trinajstić information content (AvgIpc) is 2.12. The molecule has 44 valence electrons. The molecular weight excluding hydrogens is 215 g/mol. The summed E-state index contributed by atoms with van der Waals surface area (Å²) in [5.74, 6) is 1.05. The topological polar surface area (TPSA) is 28.7 Å². The van der Waals surface area contributed by atoms with Crippen LogP contribution in [0.1, 0.15) is 16.7 Å². The standard InChI is InChI=1S/C5H7IN2/c1-4(6)5-7-2-3-8-5/h2-4H,1H3,(H,7,8)/t4-/m1/s1. The van der Waals surface area contributed by atoms with Gasteiger partial charge in [0.1, 0.15) is 5.82 Å². The first kappa shape index (κ1) is 6.07. The molecule has 3 heteroatoms. The first-order valence-corrected chi connectivity index (χ1v) is 3.68. The van der Waals surface area contributed by atoms with Gasteiger partial charge in [-0.2, -0.15) is 0 Å². The zero-order valence-corrected chi connectivity index (χ0v) is 6.71. The van der Waals surface area contributed by atoms with Gasteiger partial charge >= 0.3 is 0 Å². The maximum atomic E-state index is 4.05. The molecule has 8 heavy (non-hydrogen) atoms. The second-order valence-electron chi connectivity index (χ2n) is 1.59. The molecule has 0 aliphatic carbocycles. The number of rotatable bonds is 1. The van der Waals surface area contributed by atoms with Gasteiger partial charge in [0.15, 0.2) is 0 Å². The van der Waals surface area contributed by atoms with Gasteiger partial charge in [0.25, 0.3) is 0 Å². The summed E-state index contributed by atoms with van der Waals surface area (Å²) in [6, 6.07) is 0. The third-order valence-corrected chi connectivity index (χ3v) is 1.49. The highest BCUT2D eigenvalue weighted by Crippen LogP contribution is 2.16. The predicted octanol–water partition coefficient (Wildman–Crippen LogP) is 1.91. The molecule has 0 aliphatic heterocycles. The van der Waals surface area contributed by atoms with E-state index in [1.54, 1.807) is 6.20 Å². The summed E-state index contributed by atoms with van der Waals surface area (Å²) in [5, 5.41) is 0. The second kappa shape index (κ2) is 2.48. The molecular formula is C5H7IN2. The normalized spacial score (nSPS) is 13.8. The number of imidazole rings is 1. The van der Waals surface area contributed by atoms with Crippen LogP contribution >= 0.6 is 22.6 Å². The smallest absolute Gasteiger partial charge is 0.118 e. The fraction of sp³-hybridized carbons (Fsp3) is 0.400. The molecule has 0 spiro atoms. The minimum atomic E-state index is 0.489. The first-order chi connectivity index (χ1) is 3.80.